The van der Waals surface area contributed by atoms with Gasteiger partial charge in [0.25, 0.3) is 5.91 Å². The number of nitrogens with one attached hydrogen (secondary N) is 2. The van der Waals surface area contributed by atoms with Gasteiger partial charge in [-0.25, -0.2) is 0 Å². The molecule has 0 aliphatic carbocycles. The van der Waals surface area contributed by atoms with Crippen LogP contribution in [0.15, 0.2) is 35.7 Å². The molecule has 30 heavy (non-hydrogen) atoms. The van der Waals surface area contributed by atoms with Crippen molar-refractivity contribution in [2.75, 3.05) is 12.1 Å². The highest BCUT2D eigenvalue weighted by Crippen LogP contribution is 2.37. The second-order valence-electron chi connectivity index (χ2n) is 6.78. The fraction of sp³-hybridized carbons (Fsp3) is 0.300. The van der Waals surface area contributed by atoms with Gasteiger partial charge in [-0.3, -0.25) is 14.9 Å². The molecule has 1 aliphatic heterocycles. The lowest BCUT2D eigenvalue weighted by molar-refractivity contribution is -0.119. The maximum atomic E-state index is 12.9. The second kappa shape index (κ2) is 8.80. The smallest absolute Gasteiger partial charge is 0.262 e. The van der Waals surface area contributed by atoms with Crippen LogP contribution in [0, 0.1) is 5.92 Å². The average molecular weight is 445 g/mol. The number of carbonyl (C=O) groups excluding carboxylic acids is 2. The van der Waals surface area contributed by atoms with E-state index in [0.29, 0.717) is 26.5 Å². The van der Waals surface area contributed by atoms with E-state index in [1.54, 1.807) is 12.1 Å². The number of hydrogen-bond donors (Lipinski definition) is 2. The van der Waals surface area contributed by atoms with E-state index in [9.17, 15) is 9.59 Å². The molecule has 0 saturated carbocycles. The summed E-state index contributed by atoms with van der Waals surface area (Å²) in [7, 11) is 0. The summed E-state index contributed by atoms with van der Waals surface area (Å²) in [5, 5.41) is 16.7. The van der Waals surface area contributed by atoms with Gasteiger partial charge in [0.2, 0.25) is 17.8 Å². The Kier molecular flexibility index (Phi) is 5.96. The van der Waals surface area contributed by atoms with Crippen LogP contribution >= 0.6 is 22.7 Å². The molecule has 156 valence electrons. The van der Waals surface area contributed by atoms with Gasteiger partial charge in [0.05, 0.1) is 4.88 Å². The first kappa shape index (κ1) is 20.3. The molecule has 2 N–H and O–H groups in total. The van der Waals surface area contributed by atoms with Gasteiger partial charge in [-0.2, -0.15) is 0 Å². The minimum Gasteiger partial charge on any atom is -0.454 e. The van der Waals surface area contributed by atoms with Gasteiger partial charge in [-0.1, -0.05) is 37.7 Å². The molecule has 0 fully saturated rings. The van der Waals surface area contributed by atoms with E-state index in [1.807, 2.05) is 37.4 Å². The van der Waals surface area contributed by atoms with Gasteiger partial charge in [0, 0.05) is 5.56 Å². The Morgan fingerprint density at radius 2 is 2.03 bits per heavy atom. The van der Waals surface area contributed by atoms with Crippen molar-refractivity contribution in [1.29, 1.82) is 0 Å². The normalized spacial score (nSPS) is 14.2. The Balaban J connectivity index is 1.47. The Bertz CT molecular complexity index is 1050. The number of thiophene rings is 1. The molecule has 2 amide bonds. The lowest BCUT2D eigenvalue weighted by atomic mass is 9.98. The maximum absolute atomic E-state index is 12.9. The minimum atomic E-state index is -0.678. The number of benzene rings is 1. The molecule has 1 aliphatic rings. The van der Waals surface area contributed by atoms with Crippen LogP contribution in [0.1, 0.15) is 29.9 Å². The fourth-order valence-electron chi connectivity index (χ4n) is 2.93. The van der Waals surface area contributed by atoms with Crippen molar-refractivity contribution in [3.8, 4) is 22.1 Å². The summed E-state index contributed by atoms with van der Waals surface area (Å²) in [6, 6.07) is 8.37. The van der Waals surface area contributed by atoms with Gasteiger partial charge in [0.1, 0.15) is 11.0 Å². The third kappa shape index (κ3) is 4.29. The first-order valence-electron chi connectivity index (χ1n) is 9.44. The number of anilines is 1. The molecule has 0 saturated heterocycles. The second-order valence-corrected chi connectivity index (χ2v) is 8.71. The number of carbonyl (C=O) groups is 2. The minimum absolute atomic E-state index is 0.0461. The summed E-state index contributed by atoms with van der Waals surface area (Å²) in [6.07, 6.45) is 0.737. The van der Waals surface area contributed by atoms with Crippen molar-refractivity contribution in [2.24, 2.45) is 5.92 Å². The fourth-order valence-corrected chi connectivity index (χ4v) is 4.29. The SMILES string of the molecule is CCC(C)C(NC(=O)c1cccs1)C(=O)Nc1nnc(-c2ccc3c(c2)OCO3)s1. The van der Waals surface area contributed by atoms with Gasteiger partial charge < -0.3 is 14.8 Å². The molecule has 10 heteroatoms. The van der Waals surface area contributed by atoms with Crippen molar-refractivity contribution < 1.29 is 19.1 Å². The molecule has 4 rings (SSSR count). The maximum Gasteiger partial charge on any atom is 0.262 e. The lowest BCUT2D eigenvalue weighted by Gasteiger charge is -2.22. The quantitative estimate of drug-likeness (QED) is 0.575. The van der Waals surface area contributed by atoms with E-state index in [1.165, 1.54) is 22.7 Å². The molecule has 2 aromatic heterocycles. The zero-order valence-corrected chi connectivity index (χ0v) is 18.0. The molecule has 1 aromatic carbocycles. The van der Waals surface area contributed by atoms with Crippen molar-refractivity contribution in [3.05, 3.63) is 40.6 Å². The Labute approximate surface area is 181 Å². The molecular formula is C20H20N4O4S2. The van der Waals surface area contributed by atoms with E-state index in [2.05, 4.69) is 20.8 Å². The number of rotatable bonds is 7. The number of aromatic nitrogens is 2. The van der Waals surface area contributed by atoms with Crippen LogP contribution in [0.25, 0.3) is 10.6 Å². The van der Waals surface area contributed by atoms with E-state index in [4.69, 9.17) is 9.47 Å². The predicted octanol–water partition coefficient (Wildman–Crippen LogP) is 3.78. The largest absolute Gasteiger partial charge is 0.454 e. The molecule has 2 unspecified atom stereocenters. The molecule has 0 bridgehead atoms. The van der Waals surface area contributed by atoms with Crippen molar-refractivity contribution >= 4 is 39.6 Å². The number of fused-ring (bicyclic) bond motifs is 1. The third-order valence-electron chi connectivity index (χ3n) is 4.80. The summed E-state index contributed by atoms with van der Waals surface area (Å²) >= 11 is 2.59. The van der Waals surface area contributed by atoms with Crippen molar-refractivity contribution in [2.45, 2.75) is 26.3 Å². The van der Waals surface area contributed by atoms with Crippen LogP contribution in [0.5, 0.6) is 11.5 Å². The van der Waals surface area contributed by atoms with Crippen LogP contribution in [-0.4, -0.2) is 34.8 Å². The molecule has 0 radical (unpaired) electrons. The van der Waals surface area contributed by atoms with Crippen LogP contribution < -0.4 is 20.1 Å². The molecular weight excluding hydrogens is 424 g/mol. The summed E-state index contributed by atoms with van der Waals surface area (Å²) in [5.41, 5.74) is 0.821. The number of ether oxygens (including phenoxy) is 2. The zero-order chi connectivity index (χ0) is 21.1. The first-order valence-corrected chi connectivity index (χ1v) is 11.1. The molecule has 2 atom stereocenters. The highest BCUT2D eigenvalue weighted by molar-refractivity contribution is 7.18. The third-order valence-corrected chi connectivity index (χ3v) is 6.56. The van der Waals surface area contributed by atoms with Crippen LogP contribution in [0.2, 0.25) is 0 Å². The summed E-state index contributed by atoms with van der Waals surface area (Å²) in [4.78, 5) is 25.9. The molecule has 0 spiro atoms. The van der Waals surface area contributed by atoms with E-state index >= 15 is 0 Å². The average Bonchev–Trinajstić information content (AvgIpc) is 3.52. The molecule has 3 heterocycles. The Morgan fingerprint density at radius 3 is 2.80 bits per heavy atom. The lowest BCUT2D eigenvalue weighted by Crippen LogP contribution is -2.47. The van der Waals surface area contributed by atoms with Crippen LogP contribution in [0.4, 0.5) is 5.13 Å². The van der Waals surface area contributed by atoms with E-state index in [-0.39, 0.29) is 24.5 Å². The van der Waals surface area contributed by atoms with E-state index in [0.717, 1.165) is 12.0 Å². The highest BCUT2D eigenvalue weighted by Gasteiger charge is 2.27. The Morgan fingerprint density at radius 1 is 1.20 bits per heavy atom. The van der Waals surface area contributed by atoms with Gasteiger partial charge >= 0.3 is 0 Å². The highest BCUT2D eigenvalue weighted by atomic mass is 32.1. The predicted molar refractivity (Wildman–Crippen MR) is 115 cm³/mol. The Hall–Kier alpha value is -2.98. The number of nitrogens with zero attached hydrogens (tertiary/aromatic N) is 2. The van der Waals surface area contributed by atoms with Gasteiger partial charge in [-0.05, 0) is 35.6 Å². The van der Waals surface area contributed by atoms with Gasteiger partial charge in [0.15, 0.2) is 11.5 Å². The monoisotopic (exact) mass is 444 g/mol. The van der Waals surface area contributed by atoms with E-state index < -0.39 is 6.04 Å². The number of hydrogen-bond acceptors (Lipinski definition) is 8. The standard InChI is InChI=1S/C20H20N4O4S2/c1-3-11(2)16(21-17(25)15-5-4-8-29-15)18(26)22-20-24-23-19(30-20)12-6-7-13-14(9-12)28-10-27-13/h4-9,11,16H,3,10H2,1-2H3,(H,21,25)(H,22,24,26). The first-order chi connectivity index (χ1) is 14.5. The van der Waals surface area contributed by atoms with Crippen molar-refractivity contribution in [3.63, 3.8) is 0 Å². The van der Waals surface area contributed by atoms with Crippen LogP contribution in [-0.2, 0) is 4.79 Å². The summed E-state index contributed by atoms with van der Waals surface area (Å²) in [6.45, 7) is 4.10. The summed E-state index contributed by atoms with van der Waals surface area (Å²) in [5.74, 6) is 0.720. The van der Waals surface area contributed by atoms with Crippen LogP contribution in [0.3, 0.4) is 0 Å². The summed E-state index contributed by atoms with van der Waals surface area (Å²) < 4.78 is 10.7. The zero-order valence-electron chi connectivity index (χ0n) is 16.4. The molecule has 8 nitrogen and oxygen atoms in total. The topological polar surface area (TPSA) is 102 Å². The van der Waals surface area contributed by atoms with Crippen molar-refractivity contribution in [1.82, 2.24) is 15.5 Å². The molecule has 3 aromatic rings. The van der Waals surface area contributed by atoms with Gasteiger partial charge in [-0.15, -0.1) is 21.5 Å². The number of amides is 2.